The molecular formula is C21H21F3N2O2. The molecule has 2 aromatic carbocycles. The Bertz CT molecular complexity index is 950. The van der Waals surface area contributed by atoms with Crippen molar-refractivity contribution in [3.63, 3.8) is 0 Å². The van der Waals surface area contributed by atoms with Gasteiger partial charge in [-0.25, -0.2) is 0 Å². The number of carbonyl (C=O) groups excluding carboxylic acids is 1. The first-order valence-electron chi connectivity index (χ1n) is 8.89. The van der Waals surface area contributed by atoms with Crippen LogP contribution in [-0.2, 0) is 15.7 Å². The third-order valence-corrected chi connectivity index (χ3v) is 4.66. The Morgan fingerprint density at radius 2 is 1.82 bits per heavy atom. The van der Waals surface area contributed by atoms with Gasteiger partial charge in [0.15, 0.2) is 0 Å². The largest absolute Gasteiger partial charge is 0.416 e. The topological polar surface area (TPSA) is 54.1 Å². The molecule has 0 saturated carbocycles. The van der Waals surface area contributed by atoms with Gasteiger partial charge in [0.25, 0.3) is 0 Å². The smallest absolute Gasteiger partial charge is 0.383 e. The van der Waals surface area contributed by atoms with Gasteiger partial charge in [-0.3, -0.25) is 4.79 Å². The van der Waals surface area contributed by atoms with Crippen molar-refractivity contribution in [3.8, 4) is 0 Å². The first-order chi connectivity index (χ1) is 13.4. The highest BCUT2D eigenvalue weighted by atomic mass is 19.4. The van der Waals surface area contributed by atoms with E-state index in [-0.39, 0.29) is 17.9 Å². The molecule has 3 aromatic rings. The fourth-order valence-corrected chi connectivity index (χ4v) is 3.38. The molecule has 7 heteroatoms. The van der Waals surface area contributed by atoms with Crippen molar-refractivity contribution >= 4 is 16.8 Å². The van der Waals surface area contributed by atoms with Gasteiger partial charge in [0.05, 0.1) is 12.2 Å². The van der Waals surface area contributed by atoms with E-state index in [9.17, 15) is 18.0 Å². The molecule has 3 rings (SSSR count). The second kappa shape index (κ2) is 8.48. The number of methoxy groups -OCH3 is 1. The van der Waals surface area contributed by atoms with E-state index in [0.29, 0.717) is 18.7 Å². The first-order valence-corrected chi connectivity index (χ1v) is 8.89. The Balaban J connectivity index is 2.05. The standard InChI is InChI=1S/C21H21F3N2O2/c1-28-11-10-25-20(27)12-16(14-6-2-4-8-18(14)21(22,23)24)17-13-26-19-9-5-3-7-15(17)19/h2-9,13,16,26H,10-12H2,1H3,(H,25,27). The average molecular weight is 390 g/mol. The van der Waals surface area contributed by atoms with Gasteiger partial charge in [-0.15, -0.1) is 0 Å². The molecule has 0 radical (unpaired) electrons. The molecule has 1 heterocycles. The molecule has 0 spiro atoms. The zero-order valence-electron chi connectivity index (χ0n) is 15.3. The van der Waals surface area contributed by atoms with Crippen LogP contribution < -0.4 is 5.32 Å². The quantitative estimate of drug-likeness (QED) is 0.585. The van der Waals surface area contributed by atoms with Crippen LogP contribution in [0.1, 0.15) is 29.0 Å². The van der Waals surface area contributed by atoms with Crippen LogP contribution in [-0.4, -0.2) is 31.2 Å². The van der Waals surface area contributed by atoms with Crippen LogP contribution in [0.3, 0.4) is 0 Å². The summed E-state index contributed by atoms with van der Waals surface area (Å²) >= 11 is 0. The number of halogens is 3. The third kappa shape index (κ3) is 4.36. The van der Waals surface area contributed by atoms with Crippen LogP contribution in [0.15, 0.2) is 54.7 Å². The van der Waals surface area contributed by atoms with E-state index in [1.807, 2.05) is 24.3 Å². The number of aromatic amines is 1. The number of fused-ring (bicyclic) bond motifs is 1. The lowest BCUT2D eigenvalue weighted by molar-refractivity contribution is -0.138. The van der Waals surface area contributed by atoms with Gasteiger partial charge < -0.3 is 15.0 Å². The number of alkyl halides is 3. The van der Waals surface area contributed by atoms with E-state index in [0.717, 1.165) is 17.0 Å². The molecule has 1 aromatic heterocycles. The maximum atomic E-state index is 13.6. The van der Waals surface area contributed by atoms with Crippen LogP contribution in [0.2, 0.25) is 0 Å². The molecule has 0 fully saturated rings. The summed E-state index contributed by atoms with van der Waals surface area (Å²) in [6.07, 6.45) is -2.92. The molecule has 0 aliphatic rings. The van der Waals surface area contributed by atoms with Crippen molar-refractivity contribution in [2.24, 2.45) is 0 Å². The van der Waals surface area contributed by atoms with Gasteiger partial charge in [-0.05, 0) is 23.3 Å². The van der Waals surface area contributed by atoms with Gasteiger partial charge in [0.2, 0.25) is 5.91 Å². The van der Waals surface area contributed by atoms with Crippen molar-refractivity contribution in [2.45, 2.75) is 18.5 Å². The molecule has 0 saturated heterocycles. The minimum atomic E-state index is -4.51. The normalized spacial score (nSPS) is 12.9. The number of aromatic nitrogens is 1. The summed E-state index contributed by atoms with van der Waals surface area (Å²) in [4.78, 5) is 15.5. The predicted molar refractivity (Wildman–Crippen MR) is 101 cm³/mol. The molecule has 2 N–H and O–H groups in total. The zero-order chi connectivity index (χ0) is 20.1. The number of para-hydroxylation sites is 1. The number of carbonyl (C=O) groups is 1. The molecule has 1 atom stereocenters. The van der Waals surface area contributed by atoms with Crippen molar-refractivity contribution < 1.29 is 22.7 Å². The Morgan fingerprint density at radius 3 is 2.57 bits per heavy atom. The van der Waals surface area contributed by atoms with Crippen molar-refractivity contribution in [3.05, 3.63) is 71.4 Å². The monoisotopic (exact) mass is 390 g/mol. The second-order valence-electron chi connectivity index (χ2n) is 6.47. The number of benzene rings is 2. The predicted octanol–water partition coefficient (Wildman–Crippen LogP) is 4.47. The number of rotatable bonds is 7. The minimum absolute atomic E-state index is 0.0849. The Hall–Kier alpha value is -2.80. The number of amides is 1. The zero-order valence-corrected chi connectivity index (χ0v) is 15.3. The lowest BCUT2D eigenvalue weighted by Gasteiger charge is -2.21. The van der Waals surface area contributed by atoms with Crippen LogP contribution in [0.4, 0.5) is 13.2 Å². The van der Waals surface area contributed by atoms with Gasteiger partial charge in [-0.1, -0.05) is 36.4 Å². The summed E-state index contributed by atoms with van der Waals surface area (Å²) in [5, 5.41) is 3.50. The average Bonchev–Trinajstić information content (AvgIpc) is 3.10. The van der Waals surface area contributed by atoms with Crippen molar-refractivity contribution in [2.75, 3.05) is 20.3 Å². The van der Waals surface area contributed by atoms with E-state index in [1.54, 1.807) is 12.3 Å². The molecule has 1 amide bonds. The molecule has 0 bridgehead atoms. The molecule has 0 aliphatic carbocycles. The van der Waals surface area contributed by atoms with Gasteiger partial charge >= 0.3 is 6.18 Å². The summed E-state index contributed by atoms with van der Waals surface area (Å²) in [6, 6.07) is 12.8. The number of hydrogen-bond donors (Lipinski definition) is 2. The van der Waals surface area contributed by atoms with Gasteiger partial charge in [0, 0.05) is 43.1 Å². The summed E-state index contributed by atoms with van der Waals surface area (Å²) in [5.41, 5.74) is 0.831. The fourth-order valence-electron chi connectivity index (χ4n) is 3.38. The van der Waals surface area contributed by atoms with Crippen LogP contribution in [0, 0.1) is 0 Å². The molecule has 28 heavy (non-hydrogen) atoms. The van der Waals surface area contributed by atoms with Gasteiger partial charge in [0.1, 0.15) is 0 Å². The van der Waals surface area contributed by atoms with E-state index >= 15 is 0 Å². The van der Waals surface area contributed by atoms with Crippen LogP contribution in [0.5, 0.6) is 0 Å². The van der Waals surface area contributed by atoms with E-state index in [4.69, 9.17) is 4.74 Å². The highest BCUT2D eigenvalue weighted by molar-refractivity contribution is 5.86. The summed E-state index contributed by atoms with van der Waals surface area (Å²) in [7, 11) is 1.51. The number of H-pyrrole nitrogens is 1. The minimum Gasteiger partial charge on any atom is -0.383 e. The summed E-state index contributed by atoms with van der Waals surface area (Å²) in [6.45, 7) is 0.638. The Morgan fingerprint density at radius 1 is 1.11 bits per heavy atom. The summed E-state index contributed by atoms with van der Waals surface area (Å²) < 4.78 is 45.8. The highest BCUT2D eigenvalue weighted by Crippen LogP contribution is 2.40. The third-order valence-electron chi connectivity index (χ3n) is 4.66. The van der Waals surface area contributed by atoms with Gasteiger partial charge in [-0.2, -0.15) is 13.2 Å². The van der Waals surface area contributed by atoms with E-state index < -0.39 is 17.7 Å². The number of nitrogens with one attached hydrogen (secondary N) is 2. The summed E-state index contributed by atoms with van der Waals surface area (Å²) in [5.74, 6) is -1.07. The SMILES string of the molecule is COCCNC(=O)CC(c1ccccc1C(F)(F)F)c1c[nH]c2ccccc12. The Kier molecular flexibility index (Phi) is 6.04. The van der Waals surface area contributed by atoms with E-state index in [2.05, 4.69) is 10.3 Å². The molecule has 0 aliphatic heterocycles. The fraction of sp³-hybridized carbons (Fsp3) is 0.286. The number of hydrogen-bond acceptors (Lipinski definition) is 2. The number of ether oxygens (including phenoxy) is 1. The molecule has 148 valence electrons. The molecule has 1 unspecified atom stereocenters. The van der Waals surface area contributed by atoms with Crippen molar-refractivity contribution in [1.29, 1.82) is 0 Å². The maximum absolute atomic E-state index is 13.6. The second-order valence-corrected chi connectivity index (χ2v) is 6.47. The Labute approximate surface area is 160 Å². The van der Waals surface area contributed by atoms with Crippen LogP contribution in [0.25, 0.3) is 10.9 Å². The van der Waals surface area contributed by atoms with E-state index in [1.165, 1.54) is 19.2 Å². The maximum Gasteiger partial charge on any atom is 0.416 e. The lowest BCUT2D eigenvalue weighted by atomic mass is 9.85. The molecular weight excluding hydrogens is 369 g/mol. The lowest BCUT2D eigenvalue weighted by Crippen LogP contribution is -2.29. The van der Waals surface area contributed by atoms with Crippen molar-refractivity contribution in [1.82, 2.24) is 10.3 Å². The molecule has 4 nitrogen and oxygen atoms in total. The first kappa shape index (κ1) is 19.9. The van der Waals surface area contributed by atoms with Crippen LogP contribution >= 0.6 is 0 Å². The highest BCUT2D eigenvalue weighted by Gasteiger charge is 2.36.